The zero-order chi connectivity index (χ0) is 16.9. The van der Waals surface area contributed by atoms with Crippen LogP contribution in [0.15, 0.2) is 24.3 Å². The first-order valence-electron chi connectivity index (χ1n) is 7.36. The molecule has 2 amide bonds. The number of hydrogen-bond acceptors (Lipinski definition) is 4. The molecule has 0 aromatic heterocycles. The maximum atomic E-state index is 12.8. The van der Waals surface area contributed by atoms with Crippen LogP contribution < -0.4 is 10.6 Å². The molecule has 0 atom stereocenters. The summed E-state index contributed by atoms with van der Waals surface area (Å²) in [4.78, 5) is 35.2. The number of methoxy groups -OCH3 is 1. The third-order valence-electron chi connectivity index (χ3n) is 3.94. The zero-order valence-electron chi connectivity index (χ0n) is 12.9. The summed E-state index contributed by atoms with van der Waals surface area (Å²) in [6.07, 6.45) is 2.47. The Morgan fingerprint density at radius 1 is 1.22 bits per heavy atom. The minimum atomic E-state index is -0.565. The Hall–Kier alpha value is -2.44. The van der Waals surface area contributed by atoms with Gasteiger partial charge in [0, 0.05) is 5.56 Å². The number of nitrogens with one attached hydrogen (secondary N) is 2. The number of rotatable bonds is 6. The van der Waals surface area contributed by atoms with E-state index < -0.39 is 17.3 Å². The van der Waals surface area contributed by atoms with E-state index in [2.05, 4.69) is 15.4 Å². The lowest BCUT2D eigenvalue weighted by Crippen LogP contribution is -2.56. The summed E-state index contributed by atoms with van der Waals surface area (Å²) in [5, 5.41) is 5.26. The van der Waals surface area contributed by atoms with Gasteiger partial charge in [-0.05, 0) is 43.5 Å². The number of benzene rings is 1. The third-order valence-corrected chi connectivity index (χ3v) is 3.94. The van der Waals surface area contributed by atoms with Crippen LogP contribution in [0.2, 0.25) is 0 Å². The number of carbonyl (C=O) groups is 3. The van der Waals surface area contributed by atoms with E-state index in [9.17, 15) is 18.8 Å². The Labute approximate surface area is 133 Å². The van der Waals surface area contributed by atoms with Crippen LogP contribution in [0.4, 0.5) is 4.39 Å². The Morgan fingerprint density at radius 2 is 1.87 bits per heavy atom. The molecular weight excluding hydrogens is 303 g/mol. The van der Waals surface area contributed by atoms with Gasteiger partial charge in [0.15, 0.2) is 0 Å². The van der Waals surface area contributed by atoms with Crippen LogP contribution in [-0.4, -0.2) is 37.0 Å². The summed E-state index contributed by atoms with van der Waals surface area (Å²) >= 11 is 0. The second-order valence-electron chi connectivity index (χ2n) is 5.62. The van der Waals surface area contributed by atoms with Gasteiger partial charge < -0.3 is 15.4 Å². The predicted molar refractivity (Wildman–Crippen MR) is 80.1 cm³/mol. The highest BCUT2D eigenvalue weighted by Crippen LogP contribution is 2.35. The molecule has 2 rings (SSSR count). The maximum absolute atomic E-state index is 12.8. The molecule has 7 heteroatoms. The van der Waals surface area contributed by atoms with Gasteiger partial charge in [0.2, 0.25) is 5.91 Å². The standard InChI is InChI=1S/C16H19FN2O4/c1-23-14(21)9-16(7-2-8-16)19-13(20)10-18-15(22)11-3-5-12(17)6-4-11/h3-6H,2,7-10H2,1H3,(H,18,22)(H,19,20). The van der Waals surface area contributed by atoms with Crippen LogP contribution in [0.5, 0.6) is 0 Å². The van der Waals surface area contributed by atoms with Gasteiger partial charge in [0.05, 0.1) is 25.6 Å². The maximum Gasteiger partial charge on any atom is 0.307 e. The molecule has 0 bridgehead atoms. The van der Waals surface area contributed by atoms with Crippen molar-refractivity contribution in [3.63, 3.8) is 0 Å². The smallest absolute Gasteiger partial charge is 0.307 e. The van der Waals surface area contributed by atoms with Crippen molar-refractivity contribution in [3.8, 4) is 0 Å². The highest BCUT2D eigenvalue weighted by Gasteiger charge is 2.40. The zero-order valence-corrected chi connectivity index (χ0v) is 12.9. The molecular formula is C16H19FN2O4. The number of amides is 2. The molecule has 0 heterocycles. The number of hydrogen-bond donors (Lipinski definition) is 2. The van der Waals surface area contributed by atoms with E-state index in [1.807, 2.05) is 0 Å². The molecule has 0 aliphatic heterocycles. The van der Waals surface area contributed by atoms with Gasteiger partial charge in [-0.1, -0.05) is 0 Å². The van der Waals surface area contributed by atoms with E-state index in [1.165, 1.54) is 31.4 Å². The lowest BCUT2D eigenvalue weighted by Gasteiger charge is -2.41. The minimum absolute atomic E-state index is 0.126. The molecule has 0 spiro atoms. The van der Waals surface area contributed by atoms with Gasteiger partial charge in [0.25, 0.3) is 5.91 Å². The van der Waals surface area contributed by atoms with Crippen LogP contribution in [0.25, 0.3) is 0 Å². The number of esters is 1. The molecule has 0 unspecified atom stereocenters. The van der Waals surface area contributed by atoms with Crippen molar-refractivity contribution in [2.24, 2.45) is 0 Å². The largest absolute Gasteiger partial charge is 0.469 e. The summed E-state index contributed by atoms with van der Waals surface area (Å²) in [6.45, 7) is -0.209. The fraction of sp³-hybridized carbons (Fsp3) is 0.438. The van der Waals surface area contributed by atoms with Crippen molar-refractivity contribution in [2.45, 2.75) is 31.2 Å². The molecule has 1 saturated carbocycles. The van der Waals surface area contributed by atoms with Crippen molar-refractivity contribution in [2.75, 3.05) is 13.7 Å². The predicted octanol–water partition coefficient (Wildman–Crippen LogP) is 1.16. The lowest BCUT2D eigenvalue weighted by molar-refractivity contribution is -0.144. The molecule has 0 radical (unpaired) electrons. The number of ether oxygens (including phenoxy) is 1. The Bertz CT molecular complexity index is 597. The van der Waals surface area contributed by atoms with Gasteiger partial charge in [-0.2, -0.15) is 0 Å². The van der Waals surface area contributed by atoms with Crippen molar-refractivity contribution in [3.05, 3.63) is 35.6 Å². The Balaban J connectivity index is 1.83. The van der Waals surface area contributed by atoms with Crippen LogP contribution >= 0.6 is 0 Å². The van der Waals surface area contributed by atoms with E-state index in [1.54, 1.807) is 0 Å². The Morgan fingerprint density at radius 3 is 2.39 bits per heavy atom. The van der Waals surface area contributed by atoms with E-state index >= 15 is 0 Å². The van der Waals surface area contributed by atoms with E-state index in [-0.39, 0.29) is 30.4 Å². The first-order chi connectivity index (χ1) is 10.9. The normalized spacial score (nSPS) is 15.2. The SMILES string of the molecule is COC(=O)CC1(NC(=O)CNC(=O)c2ccc(F)cc2)CCC1. The second kappa shape index (κ2) is 7.21. The molecule has 1 aliphatic rings. The van der Waals surface area contributed by atoms with Gasteiger partial charge >= 0.3 is 5.97 Å². The Kier molecular flexibility index (Phi) is 5.31. The summed E-state index contributed by atoms with van der Waals surface area (Å²) < 4.78 is 17.4. The molecule has 1 fully saturated rings. The van der Waals surface area contributed by atoms with Gasteiger partial charge in [0.1, 0.15) is 5.82 Å². The van der Waals surface area contributed by atoms with E-state index in [0.29, 0.717) is 12.8 Å². The summed E-state index contributed by atoms with van der Waals surface area (Å²) in [6, 6.07) is 5.03. The molecule has 2 N–H and O–H groups in total. The first kappa shape index (κ1) is 16.9. The second-order valence-corrected chi connectivity index (χ2v) is 5.62. The minimum Gasteiger partial charge on any atom is -0.469 e. The van der Waals surface area contributed by atoms with Crippen molar-refractivity contribution in [1.82, 2.24) is 10.6 Å². The summed E-state index contributed by atoms with van der Waals surface area (Å²) in [5.74, 6) is -1.64. The average molecular weight is 322 g/mol. The molecule has 23 heavy (non-hydrogen) atoms. The lowest BCUT2D eigenvalue weighted by atomic mass is 9.74. The molecule has 1 aliphatic carbocycles. The first-order valence-corrected chi connectivity index (χ1v) is 7.36. The summed E-state index contributed by atoms with van der Waals surface area (Å²) in [5.41, 5.74) is -0.294. The molecule has 124 valence electrons. The highest BCUT2D eigenvalue weighted by atomic mass is 19.1. The third kappa shape index (κ3) is 4.51. The van der Waals surface area contributed by atoms with Crippen LogP contribution in [0, 0.1) is 5.82 Å². The monoisotopic (exact) mass is 322 g/mol. The van der Waals surface area contributed by atoms with Gasteiger partial charge in [-0.3, -0.25) is 14.4 Å². The molecule has 1 aromatic rings. The van der Waals surface area contributed by atoms with Crippen LogP contribution in [0.1, 0.15) is 36.0 Å². The quantitative estimate of drug-likeness (QED) is 0.770. The van der Waals surface area contributed by atoms with Crippen LogP contribution in [0.3, 0.4) is 0 Å². The average Bonchev–Trinajstić information content (AvgIpc) is 2.51. The van der Waals surface area contributed by atoms with Gasteiger partial charge in [-0.25, -0.2) is 4.39 Å². The van der Waals surface area contributed by atoms with Crippen molar-refractivity contribution in [1.29, 1.82) is 0 Å². The summed E-state index contributed by atoms with van der Waals surface area (Å²) in [7, 11) is 1.30. The molecule has 1 aromatic carbocycles. The van der Waals surface area contributed by atoms with E-state index in [4.69, 9.17) is 0 Å². The topological polar surface area (TPSA) is 84.5 Å². The molecule has 6 nitrogen and oxygen atoms in total. The fourth-order valence-corrected chi connectivity index (χ4v) is 2.50. The van der Waals surface area contributed by atoms with Gasteiger partial charge in [-0.15, -0.1) is 0 Å². The highest BCUT2D eigenvalue weighted by molar-refractivity contribution is 5.96. The van der Waals surface area contributed by atoms with E-state index in [0.717, 1.165) is 6.42 Å². The fourth-order valence-electron chi connectivity index (χ4n) is 2.50. The number of carbonyl (C=O) groups excluding carboxylic acids is 3. The van der Waals surface area contributed by atoms with Crippen molar-refractivity contribution >= 4 is 17.8 Å². The molecule has 0 saturated heterocycles. The number of halogens is 1. The van der Waals surface area contributed by atoms with Crippen molar-refractivity contribution < 1.29 is 23.5 Å². The van der Waals surface area contributed by atoms with Crippen LogP contribution in [-0.2, 0) is 14.3 Å².